The average molecular weight is 466 g/mol. The van der Waals surface area contributed by atoms with Gasteiger partial charge in [0.15, 0.2) is 11.5 Å². The van der Waals surface area contributed by atoms with Gasteiger partial charge in [-0.05, 0) is 80.7 Å². The number of benzene rings is 2. The summed E-state index contributed by atoms with van der Waals surface area (Å²) < 4.78 is 5.83. The number of nitrogens with zero attached hydrogens (tertiary/aromatic N) is 2. The Kier molecular flexibility index (Phi) is 6.38. The third-order valence-electron chi connectivity index (χ3n) is 6.72. The van der Waals surface area contributed by atoms with Gasteiger partial charge in [0.2, 0.25) is 0 Å². The van der Waals surface area contributed by atoms with Crippen LogP contribution in [0, 0.1) is 0 Å². The highest BCUT2D eigenvalue weighted by molar-refractivity contribution is 6.30. The van der Waals surface area contributed by atoms with Crippen LogP contribution in [-0.4, -0.2) is 53.8 Å². The standard InChI is InChI=1S/C26H28ClN3O3/c27-20-6-4-5-18(15-20)16-24-25(31)28-22-17-19(7-8-23(22)33-24)26(32)30-13-9-21(10-14-30)29-11-2-1-3-12-29/h4-8,15-17,21H,1-3,9-14H2,(H,28,31)/b24-16-. The van der Waals surface area contributed by atoms with Gasteiger partial charge in [-0.3, -0.25) is 9.59 Å². The molecule has 0 spiro atoms. The van der Waals surface area contributed by atoms with E-state index in [0.29, 0.717) is 28.1 Å². The fourth-order valence-corrected chi connectivity index (χ4v) is 5.14. The van der Waals surface area contributed by atoms with Crippen LogP contribution in [0.25, 0.3) is 6.08 Å². The van der Waals surface area contributed by atoms with Gasteiger partial charge in [-0.25, -0.2) is 0 Å². The van der Waals surface area contributed by atoms with E-state index in [-0.39, 0.29) is 17.6 Å². The van der Waals surface area contributed by atoms with Gasteiger partial charge in [-0.2, -0.15) is 0 Å². The average Bonchev–Trinajstić information content (AvgIpc) is 2.84. The van der Waals surface area contributed by atoms with Gasteiger partial charge in [0.25, 0.3) is 11.8 Å². The number of anilines is 1. The van der Waals surface area contributed by atoms with E-state index in [2.05, 4.69) is 10.2 Å². The Balaban J connectivity index is 1.25. The molecule has 0 aromatic heterocycles. The van der Waals surface area contributed by atoms with Crippen molar-refractivity contribution >= 4 is 35.2 Å². The summed E-state index contributed by atoms with van der Waals surface area (Å²) in [5.41, 5.74) is 1.85. The zero-order valence-corrected chi connectivity index (χ0v) is 19.3. The van der Waals surface area contributed by atoms with Crippen LogP contribution in [0.1, 0.15) is 48.0 Å². The Morgan fingerprint density at radius 3 is 2.58 bits per heavy atom. The number of carbonyl (C=O) groups excluding carboxylic acids is 2. The molecule has 3 aliphatic heterocycles. The van der Waals surface area contributed by atoms with Crippen LogP contribution >= 0.6 is 11.6 Å². The molecular formula is C26H28ClN3O3. The molecule has 2 fully saturated rings. The maximum atomic E-state index is 13.1. The minimum Gasteiger partial charge on any atom is -0.449 e. The quantitative estimate of drug-likeness (QED) is 0.661. The molecule has 0 radical (unpaired) electrons. The normalized spacial score (nSPS) is 20.8. The van der Waals surface area contributed by atoms with Crippen LogP contribution < -0.4 is 10.1 Å². The lowest BCUT2D eigenvalue weighted by Gasteiger charge is -2.40. The molecule has 0 unspecified atom stereocenters. The maximum absolute atomic E-state index is 13.1. The molecule has 172 valence electrons. The Morgan fingerprint density at radius 2 is 1.82 bits per heavy atom. The molecule has 2 aromatic rings. The molecule has 0 aliphatic carbocycles. The smallest absolute Gasteiger partial charge is 0.291 e. The lowest BCUT2D eigenvalue weighted by atomic mass is 9.99. The SMILES string of the molecule is O=C1Nc2cc(C(=O)N3CCC(N4CCCCC4)CC3)ccc2O/C1=C\c1cccc(Cl)c1. The van der Waals surface area contributed by atoms with Crippen molar-refractivity contribution in [1.82, 2.24) is 9.80 Å². The van der Waals surface area contributed by atoms with Crippen LogP contribution in [-0.2, 0) is 4.79 Å². The van der Waals surface area contributed by atoms with Crippen molar-refractivity contribution in [3.63, 3.8) is 0 Å². The van der Waals surface area contributed by atoms with Crippen LogP contribution in [0.5, 0.6) is 5.75 Å². The predicted octanol–water partition coefficient (Wildman–Crippen LogP) is 4.80. The first-order chi connectivity index (χ1) is 16.1. The van der Waals surface area contributed by atoms with Gasteiger partial charge >= 0.3 is 0 Å². The van der Waals surface area contributed by atoms with Gasteiger partial charge in [0.1, 0.15) is 0 Å². The minimum absolute atomic E-state index is 0.00408. The van der Waals surface area contributed by atoms with Crippen LogP contribution in [0.15, 0.2) is 48.2 Å². The fraction of sp³-hybridized carbons (Fsp3) is 0.385. The lowest BCUT2D eigenvalue weighted by Crippen LogP contribution is -2.48. The Hall–Kier alpha value is -2.83. The number of halogens is 1. The lowest BCUT2D eigenvalue weighted by molar-refractivity contribution is -0.115. The number of likely N-dealkylation sites (tertiary alicyclic amines) is 2. The van der Waals surface area contributed by atoms with Gasteiger partial charge in [-0.1, -0.05) is 30.2 Å². The first kappa shape index (κ1) is 22.0. The summed E-state index contributed by atoms with van der Waals surface area (Å²) in [6.07, 6.45) is 7.61. The molecule has 1 N–H and O–H groups in total. The fourth-order valence-electron chi connectivity index (χ4n) is 4.94. The zero-order chi connectivity index (χ0) is 22.8. The summed E-state index contributed by atoms with van der Waals surface area (Å²) in [4.78, 5) is 30.2. The summed E-state index contributed by atoms with van der Waals surface area (Å²) in [5, 5.41) is 3.44. The van der Waals surface area contributed by atoms with E-state index in [0.717, 1.165) is 31.5 Å². The highest BCUT2D eigenvalue weighted by atomic mass is 35.5. The summed E-state index contributed by atoms with van der Waals surface area (Å²) in [5.74, 6) is 0.352. The number of fused-ring (bicyclic) bond motifs is 1. The van der Waals surface area contributed by atoms with Crippen LogP contribution in [0.2, 0.25) is 5.02 Å². The molecule has 6 nitrogen and oxygen atoms in total. The summed E-state index contributed by atoms with van der Waals surface area (Å²) in [6.45, 7) is 3.92. The van der Waals surface area contributed by atoms with Crippen molar-refractivity contribution < 1.29 is 14.3 Å². The van der Waals surface area contributed by atoms with E-state index in [1.165, 1.54) is 32.4 Å². The van der Waals surface area contributed by atoms with E-state index in [1.807, 2.05) is 17.0 Å². The topological polar surface area (TPSA) is 61.9 Å². The monoisotopic (exact) mass is 465 g/mol. The van der Waals surface area contributed by atoms with Crippen molar-refractivity contribution in [2.24, 2.45) is 0 Å². The number of nitrogens with one attached hydrogen (secondary N) is 1. The number of hydrogen-bond donors (Lipinski definition) is 1. The van der Waals surface area contributed by atoms with E-state index >= 15 is 0 Å². The molecule has 33 heavy (non-hydrogen) atoms. The molecule has 2 saturated heterocycles. The molecule has 0 saturated carbocycles. The van der Waals surface area contributed by atoms with Crippen molar-refractivity contribution in [2.45, 2.75) is 38.1 Å². The van der Waals surface area contributed by atoms with Crippen molar-refractivity contribution in [1.29, 1.82) is 0 Å². The van der Waals surface area contributed by atoms with Gasteiger partial charge in [-0.15, -0.1) is 0 Å². The first-order valence-electron chi connectivity index (χ1n) is 11.7. The second-order valence-corrected chi connectivity index (χ2v) is 9.39. The third-order valence-corrected chi connectivity index (χ3v) is 6.96. The highest BCUT2D eigenvalue weighted by Gasteiger charge is 2.29. The van der Waals surface area contributed by atoms with Gasteiger partial charge in [0.05, 0.1) is 5.69 Å². The molecular weight excluding hydrogens is 438 g/mol. The third kappa shape index (κ3) is 4.92. The minimum atomic E-state index is -0.352. The molecule has 3 aliphatic rings. The largest absolute Gasteiger partial charge is 0.449 e. The molecule has 7 heteroatoms. The summed E-state index contributed by atoms with van der Waals surface area (Å²) in [6, 6.07) is 13.0. The van der Waals surface area contributed by atoms with Gasteiger partial charge < -0.3 is 19.9 Å². The second-order valence-electron chi connectivity index (χ2n) is 8.95. The molecule has 0 atom stereocenters. The maximum Gasteiger partial charge on any atom is 0.291 e. The van der Waals surface area contributed by atoms with Crippen LogP contribution in [0.3, 0.4) is 0 Å². The Morgan fingerprint density at radius 1 is 1.03 bits per heavy atom. The van der Waals surface area contributed by atoms with E-state index in [4.69, 9.17) is 16.3 Å². The number of carbonyl (C=O) groups is 2. The summed E-state index contributed by atoms with van der Waals surface area (Å²) >= 11 is 6.03. The van der Waals surface area contributed by atoms with Crippen LogP contribution in [0.4, 0.5) is 5.69 Å². The predicted molar refractivity (Wildman–Crippen MR) is 129 cm³/mol. The number of piperidine rings is 2. The molecule has 5 rings (SSSR count). The van der Waals surface area contributed by atoms with Crippen molar-refractivity contribution in [3.8, 4) is 5.75 Å². The summed E-state index contributed by atoms with van der Waals surface area (Å²) in [7, 11) is 0. The van der Waals surface area contributed by atoms with E-state index < -0.39 is 0 Å². The van der Waals surface area contributed by atoms with Crippen molar-refractivity contribution in [2.75, 3.05) is 31.5 Å². The van der Waals surface area contributed by atoms with E-state index in [1.54, 1.807) is 36.4 Å². The highest BCUT2D eigenvalue weighted by Crippen LogP contribution is 2.33. The molecule has 2 amide bonds. The second kappa shape index (κ2) is 9.57. The Labute approximate surface area is 199 Å². The number of rotatable bonds is 3. The Bertz CT molecular complexity index is 1090. The van der Waals surface area contributed by atoms with Gasteiger partial charge in [0, 0.05) is 29.7 Å². The number of ether oxygens (including phenoxy) is 1. The number of hydrogen-bond acceptors (Lipinski definition) is 4. The first-order valence-corrected chi connectivity index (χ1v) is 12.1. The molecule has 3 heterocycles. The molecule has 2 aromatic carbocycles. The zero-order valence-electron chi connectivity index (χ0n) is 18.6. The molecule has 0 bridgehead atoms. The van der Waals surface area contributed by atoms with Crippen molar-refractivity contribution in [3.05, 3.63) is 64.4 Å². The van der Waals surface area contributed by atoms with E-state index in [9.17, 15) is 9.59 Å². The number of amides is 2.